The van der Waals surface area contributed by atoms with E-state index in [1.165, 1.54) is 6.92 Å². The van der Waals surface area contributed by atoms with Gasteiger partial charge in [-0.05, 0) is 6.92 Å². The summed E-state index contributed by atoms with van der Waals surface area (Å²) in [6.45, 7) is 1.54. The number of carbonyl (C=O) groups is 1. The van der Waals surface area contributed by atoms with Crippen molar-refractivity contribution >= 4 is 27.8 Å². The molecule has 0 rings (SSSR count). The average molecular weight is 151 g/mol. The highest BCUT2D eigenvalue weighted by Gasteiger charge is 2.06. The number of nitrogens with one attached hydrogen (secondary N) is 1. The SMILES string of the molecule is CC(=O)[C@H](CS)NP. The highest BCUT2D eigenvalue weighted by atomic mass is 32.1. The van der Waals surface area contributed by atoms with Crippen molar-refractivity contribution in [1.29, 1.82) is 0 Å². The summed E-state index contributed by atoms with van der Waals surface area (Å²) in [7, 11) is 2.29. The van der Waals surface area contributed by atoms with Crippen molar-refractivity contribution in [2.24, 2.45) is 0 Å². The number of hydrogen-bond acceptors (Lipinski definition) is 3. The van der Waals surface area contributed by atoms with E-state index in [0.29, 0.717) is 5.75 Å². The van der Waals surface area contributed by atoms with Crippen LogP contribution in [0.5, 0.6) is 0 Å². The highest BCUT2D eigenvalue weighted by Crippen LogP contribution is 1.90. The van der Waals surface area contributed by atoms with Gasteiger partial charge in [0, 0.05) is 5.75 Å². The van der Waals surface area contributed by atoms with Crippen molar-refractivity contribution in [3.63, 3.8) is 0 Å². The van der Waals surface area contributed by atoms with Crippen LogP contribution in [-0.4, -0.2) is 17.6 Å². The van der Waals surface area contributed by atoms with E-state index in [1.54, 1.807) is 0 Å². The molecule has 0 aliphatic rings. The summed E-state index contributed by atoms with van der Waals surface area (Å²) in [5.74, 6) is 0.675. The first-order valence-electron chi connectivity index (χ1n) is 2.29. The molecule has 0 bridgehead atoms. The van der Waals surface area contributed by atoms with Crippen molar-refractivity contribution in [2.45, 2.75) is 13.0 Å². The molecule has 0 aromatic carbocycles. The van der Waals surface area contributed by atoms with E-state index in [4.69, 9.17) is 0 Å². The lowest BCUT2D eigenvalue weighted by Gasteiger charge is -2.06. The van der Waals surface area contributed by atoms with E-state index < -0.39 is 0 Å². The molecule has 0 saturated carbocycles. The lowest BCUT2D eigenvalue weighted by molar-refractivity contribution is -0.118. The lowest BCUT2D eigenvalue weighted by Crippen LogP contribution is -2.29. The van der Waals surface area contributed by atoms with Crippen molar-refractivity contribution in [3.05, 3.63) is 0 Å². The predicted octanol–water partition coefficient (Wildman–Crippen LogP) is 0.253. The first kappa shape index (κ1) is 8.41. The number of ketones is 1. The van der Waals surface area contributed by atoms with Crippen LogP contribution in [0.2, 0.25) is 0 Å². The minimum absolute atomic E-state index is 0.108. The van der Waals surface area contributed by atoms with Gasteiger partial charge >= 0.3 is 0 Å². The monoisotopic (exact) mass is 151 g/mol. The maximum absolute atomic E-state index is 10.5. The van der Waals surface area contributed by atoms with Crippen LogP contribution in [-0.2, 0) is 4.79 Å². The molecular weight excluding hydrogens is 141 g/mol. The van der Waals surface area contributed by atoms with E-state index >= 15 is 0 Å². The molecular formula is C4H10NOPS. The largest absolute Gasteiger partial charge is 0.298 e. The molecule has 48 valence electrons. The molecule has 0 radical (unpaired) electrons. The fraction of sp³-hybridized carbons (Fsp3) is 0.750. The van der Waals surface area contributed by atoms with Gasteiger partial charge in [0.2, 0.25) is 0 Å². The average Bonchev–Trinajstić information content (AvgIpc) is 1.69. The molecule has 0 aromatic rings. The molecule has 0 amide bonds. The van der Waals surface area contributed by atoms with E-state index in [1.807, 2.05) is 0 Å². The van der Waals surface area contributed by atoms with Crippen LogP contribution in [0.4, 0.5) is 0 Å². The maximum atomic E-state index is 10.5. The van der Waals surface area contributed by atoms with Gasteiger partial charge in [-0.3, -0.25) is 9.88 Å². The van der Waals surface area contributed by atoms with Gasteiger partial charge in [-0.25, -0.2) is 0 Å². The van der Waals surface area contributed by atoms with E-state index in [0.717, 1.165) is 0 Å². The number of Topliss-reactive ketones (excluding diaryl/α,β-unsaturated/α-hetero) is 1. The molecule has 0 aliphatic heterocycles. The summed E-state index contributed by atoms with van der Waals surface area (Å²) in [6.07, 6.45) is 0. The zero-order chi connectivity index (χ0) is 6.57. The molecule has 2 nitrogen and oxygen atoms in total. The fourth-order valence-corrected chi connectivity index (χ4v) is 1.21. The Morgan fingerprint density at radius 1 is 2.00 bits per heavy atom. The summed E-state index contributed by atoms with van der Waals surface area (Å²) >= 11 is 3.94. The normalized spacial score (nSPS) is 13.4. The Morgan fingerprint density at radius 3 is 2.50 bits per heavy atom. The molecule has 0 saturated heterocycles. The molecule has 4 heteroatoms. The van der Waals surface area contributed by atoms with Gasteiger partial charge in [0.15, 0.2) is 0 Å². The van der Waals surface area contributed by atoms with Crippen molar-refractivity contribution in [3.8, 4) is 0 Å². The predicted molar refractivity (Wildman–Crippen MR) is 41.2 cm³/mol. The minimum Gasteiger partial charge on any atom is -0.298 e. The summed E-state index contributed by atoms with van der Waals surface area (Å²) in [5, 5.41) is 2.74. The summed E-state index contributed by atoms with van der Waals surface area (Å²) in [4.78, 5) is 10.5. The molecule has 0 aliphatic carbocycles. The minimum atomic E-state index is -0.108. The highest BCUT2D eigenvalue weighted by molar-refractivity contribution is 7.80. The molecule has 0 aromatic heterocycles. The smallest absolute Gasteiger partial charge is 0.147 e. The van der Waals surface area contributed by atoms with E-state index in [2.05, 4.69) is 27.1 Å². The van der Waals surface area contributed by atoms with Crippen molar-refractivity contribution in [1.82, 2.24) is 5.09 Å². The Bertz CT molecular complexity index is 84.1. The number of rotatable bonds is 3. The third-order valence-corrected chi connectivity index (χ3v) is 1.64. The molecule has 0 spiro atoms. The number of hydrogen-bond donors (Lipinski definition) is 2. The molecule has 1 unspecified atom stereocenters. The van der Waals surface area contributed by atoms with Gasteiger partial charge in [-0.15, -0.1) is 0 Å². The topological polar surface area (TPSA) is 29.1 Å². The Morgan fingerprint density at radius 2 is 2.50 bits per heavy atom. The van der Waals surface area contributed by atoms with Crippen LogP contribution in [0, 0.1) is 0 Å². The molecule has 1 N–H and O–H groups in total. The Balaban J connectivity index is 3.52. The third kappa shape index (κ3) is 2.65. The quantitative estimate of drug-likeness (QED) is 0.447. The zero-order valence-electron chi connectivity index (χ0n) is 4.72. The second-order valence-electron chi connectivity index (χ2n) is 1.51. The van der Waals surface area contributed by atoms with Gasteiger partial charge < -0.3 is 0 Å². The Labute approximate surface area is 57.1 Å². The second kappa shape index (κ2) is 4.30. The van der Waals surface area contributed by atoms with Gasteiger partial charge in [0.1, 0.15) is 5.78 Å². The van der Waals surface area contributed by atoms with Crippen molar-refractivity contribution < 1.29 is 4.79 Å². The second-order valence-corrected chi connectivity index (χ2v) is 2.21. The molecule has 8 heavy (non-hydrogen) atoms. The van der Waals surface area contributed by atoms with E-state index in [-0.39, 0.29) is 11.8 Å². The van der Waals surface area contributed by atoms with Crippen LogP contribution in [0.3, 0.4) is 0 Å². The molecule has 0 fully saturated rings. The summed E-state index contributed by atoms with van der Waals surface area (Å²) in [5.41, 5.74) is 0. The van der Waals surface area contributed by atoms with Crippen LogP contribution in [0.15, 0.2) is 0 Å². The first-order chi connectivity index (χ1) is 3.72. The van der Waals surface area contributed by atoms with E-state index in [9.17, 15) is 4.79 Å². The fourth-order valence-electron chi connectivity index (χ4n) is 0.299. The van der Waals surface area contributed by atoms with Crippen LogP contribution in [0.25, 0.3) is 0 Å². The first-order valence-corrected chi connectivity index (χ1v) is 3.50. The molecule has 0 heterocycles. The Kier molecular flexibility index (Phi) is 4.53. The van der Waals surface area contributed by atoms with Gasteiger partial charge in [-0.2, -0.15) is 12.6 Å². The van der Waals surface area contributed by atoms with Crippen LogP contribution < -0.4 is 5.09 Å². The van der Waals surface area contributed by atoms with Gasteiger partial charge in [0.05, 0.1) is 6.04 Å². The summed E-state index contributed by atoms with van der Waals surface area (Å²) in [6, 6.07) is -0.108. The maximum Gasteiger partial charge on any atom is 0.147 e. The zero-order valence-corrected chi connectivity index (χ0v) is 6.77. The lowest BCUT2D eigenvalue weighted by atomic mass is 10.3. The molecule has 2 atom stereocenters. The standard InChI is InChI=1S/C4H10NOPS/c1-3(6)4(2-8)5-7/h4-5,8H,2,7H2,1H3/t4-/m0/s1. The van der Waals surface area contributed by atoms with Crippen LogP contribution >= 0.6 is 22.0 Å². The van der Waals surface area contributed by atoms with Crippen molar-refractivity contribution in [2.75, 3.05) is 5.75 Å². The van der Waals surface area contributed by atoms with Gasteiger partial charge in [0.25, 0.3) is 0 Å². The number of thiol groups is 1. The van der Waals surface area contributed by atoms with Crippen LogP contribution in [0.1, 0.15) is 6.92 Å². The Hall–Kier alpha value is 0.410. The third-order valence-electron chi connectivity index (χ3n) is 0.874. The van der Waals surface area contributed by atoms with Gasteiger partial charge in [-0.1, -0.05) is 9.39 Å². The number of carbonyl (C=O) groups excluding carboxylic acids is 1. The summed E-state index contributed by atoms with van der Waals surface area (Å²) < 4.78 is 0.